The third-order valence-corrected chi connectivity index (χ3v) is 6.65. The quantitative estimate of drug-likeness (QED) is 0.209. The number of phenolic OH excluding ortho intramolecular Hbond substituents is 1. The van der Waals surface area contributed by atoms with Crippen molar-refractivity contribution in [2.75, 3.05) is 66.9 Å². The molecule has 0 aromatic heterocycles. The Kier molecular flexibility index (Phi) is 16.3. The van der Waals surface area contributed by atoms with E-state index in [1.165, 1.54) is 12.5 Å². The van der Waals surface area contributed by atoms with Gasteiger partial charge in [0.05, 0.1) is 18.2 Å². The molecule has 0 bridgehead atoms. The largest absolute Gasteiger partial charge is 0.506 e. The lowest BCUT2D eigenvalue weighted by molar-refractivity contribution is 0.400. The molecule has 228 valence electrons. The molecule has 0 heterocycles. The molecule has 3 rings (SSSR count). The Morgan fingerprint density at radius 3 is 1.66 bits per heavy atom. The number of nitrogens with zero attached hydrogens (tertiary/aromatic N) is 4. The van der Waals surface area contributed by atoms with Gasteiger partial charge >= 0.3 is 0 Å². The minimum Gasteiger partial charge on any atom is -0.506 e. The summed E-state index contributed by atoms with van der Waals surface area (Å²) in [6.45, 7) is 2.86. The molecule has 0 aliphatic rings. The van der Waals surface area contributed by atoms with Crippen LogP contribution in [-0.4, -0.2) is 98.6 Å². The summed E-state index contributed by atoms with van der Waals surface area (Å²) in [5.41, 5.74) is 1.26. The van der Waals surface area contributed by atoms with Crippen molar-refractivity contribution < 1.29 is 21.9 Å². The van der Waals surface area contributed by atoms with Crippen LogP contribution in [0.3, 0.4) is 0 Å². The van der Waals surface area contributed by atoms with Gasteiger partial charge in [0, 0.05) is 18.5 Å². The Labute approximate surface area is 245 Å². The molecule has 0 radical (unpaired) electrons. The standard InChI is InChI=1S/C16H12N2O.2C6H16N2O2S/c19-15-11-10-12-6-4-5-9-14(12)16(15)18-17-13-7-2-1-3-8-13;2*1-8(2)6-4-5-7-11(3,9)10/h1-11,19H;2*7H,4-6H2,1-3H3. The van der Waals surface area contributed by atoms with E-state index >= 15 is 0 Å². The Bertz CT molecular complexity index is 1370. The van der Waals surface area contributed by atoms with Crippen molar-refractivity contribution in [1.82, 2.24) is 19.2 Å². The van der Waals surface area contributed by atoms with Gasteiger partial charge in [-0.1, -0.05) is 48.5 Å². The molecule has 0 spiro atoms. The minimum absolute atomic E-state index is 0.137. The second-order valence-electron chi connectivity index (χ2n) is 9.84. The van der Waals surface area contributed by atoms with Crippen molar-refractivity contribution >= 4 is 42.2 Å². The Morgan fingerprint density at radius 1 is 0.683 bits per heavy atom. The molecular formula is C28H44N6O5S2. The molecule has 11 nitrogen and oxygen atoms in total. The normalized spacial score (nSPS) is 11.8. The summed E-state index contributed by atoms with van der Waals surface area (Å²) < 4.78 is 47.1. The van der Waals surface area contributed by atoms with Gasteiger partial charge in [-0.3, -0.25) is 0 Å². The molecule has 0 aliphatic carbocycles. The molecule has 0 fully saturated rings. The van der Waals surface area contributed by atoms with Crippen molar-refractivity contribution in [2.24, 2.45) is 10.2 Å². The van der Waals surface area contributed by atoms with Gasteiger partial charge in [0.1, 0.15) is 11.4 Å². The fourth-order valence-electron chi connectivity index (χ4n) is 3.26. The Balaban J connectivity index is 0.000000332. The third kappa shape index (κ3) is 18.2. The number of hydrogen-bond donors (Lipinski definition) is 3. The number of nitrogens with one attached hydrogen (secondary N) is 2. The number of phenols is 1. The van der Waals surface area contributed by atoms with Gasteiger partial charge in [-0.15, -0.1) is 5.11 Å². The van der Waals surface area contributed by atoms with E-state index in [1.54, 1.807) is 6.07 Å². The van der Waals surface area contributed by atoms with Gasteiger partial charge in [-0.2, -0.15) is 5.11 Å². The number of rotatable bonds is 12. The highest BCUT2D eigenvalue weighted by molar-refractivity contribution is 7.89. The fourth-order valence-corrected chi connectivity index (χ4v) is 4.29. The zero-order valence-corrected chi connectivity index (χ0v) is 26.4. The van der Waals surface area contributed by atoms with Crippen LogP contribution in [0.25, 0.3) is 10.8 Å². The summed E-state index contributed by atoms with van der Waals surface area (Å²) in [7, 11) is 1.85. The Hall–Kier alpha value is -2.94. The highest BCUT2D eigenvalue weighted by Gasteiger charge is 2.05. The van der Waals surface area contributed by atoms with E-state index in [-0.39, 0.29) is 5.75 Å². The molecule has 3 aromatic carbocycles. The Morgan fingerprint density at radius 2 is 1.17 bits per heavy atom. The lowest BCUT2D eigenvalue weighted by Crippen LogP contribution is -2.25. The maximum absolute atomic E-state index is 10.6. The van der Waals surface area contributed by atoms with Crippen LogP contribution in [0.1, 0.15) is 12.8 Å². The molecule has 13 heteroatoms. The monoisotopic (exact) mass is 608 g/mol. The summed E-state index contributed by atoms with van der Waals surface area (Å²) in [6.07, 6.45) is 4.03. The molecule has 41 heavy (non-hydrogen) atoms. The summed E-state index contributed by atoms with van der Waals surface area (Å²) in [4.78, 5) is 4.04. The van der Waals surface area contributed by atoms with Crippen molar-refractivity contribution in [3.63, 3.8) is 0 Å². The fraction of sp³-hybridized carbons (Fsp3) is 0.429. The molecule has 0 aliphatic heterocycles. The van der Waals surface area contributed by atoms with Gasteiger partial charge in [0.15, 0.2) is 0 Å². The number of hydrogen-bond acceptors (Lipinski definition) is 9. The van der Waals surface area contributed by atoms with Crippen LogP contribution in [0.4, 0.5) is 11.4 Å². The van der Waals surface area contributed by atoms with E-state index in [1.807, 2.05) is 98.7 Å². The third-order valence-electron chi connectivity index (χ3n) is 5.19. The maximum Gasteiger partial charge on any atom is 0.208 e. The van der Waals surface area contributed by atoms with E-state index in [2.05, 4.69) is 19.7 Å². The summed E-state index contributed by atoms with van der Waals surface area (Å²) in [5, 5.41) is 20.2. The van der Waals surface area contributed by atoms with E-state index in [4.69, 9.17) is 0 Å². The zero-order valence-electron chi connectivity index (χ0n) is 24.8. The van der Waals surface area contributed by atoms with Crippen LogP contribution in [0.2, 0.25) is 0 Å². The molecule has 3 aromatic rings. The second-order valence-corrected chi connectivity index (χ2v) is 13.5. The van der Waals surface area contributed by atoms with E-state index in [0.29, 0.717) is 18.8 Å². The number of aromatic hydroxyl groups is 1. The first-order chi connectivity index (χ1) is 19.2. The van der Waals surface area contributed by atoms with Gasteiger partial charge in [-0.25, -0.2) is 26.3 Å². The topological polar surface area (TPSA) is 144 Å². The van der Waals surface area contributed by atoms with Crippen molar-refractivity contribution in [1.29, 1.82) is 0 Å². The number of fused-ring (bicyclic) bond motifs is 1. The highest BCUT2D eigenvalue weighted by Crippen LogP contribution is 2.35. The van der Waals surface area contributed by atoms with Crippen LogP contribution in [0, 0.1) is 0 Å². The SMILES string of the molecule is CN(C)CCCNS(C)(=O)=O.CN(C)CCCNS(C)(=O)=O.Oc1ccc2ccccc2c1N=Nc1ccccc1. The van der Waals surface area contributed by atoms with Crippen LogP contribution in [0.15, 0.2) is 77.0 Å². The van der Waals surface area contributed by atoms with Crippen LogP contribution in [-0.2, 0) is 20.0 Å². The van der Waals surface area contributed by atoms with E-state index in [9.17, 15) is 21.9 Å². The van der Waals surface area contributed by atoms with Crippen molar-refractivity contribution in [3.05, 3.63) is 66.7 Å². The van der Waals surface area contributed by atoms with Crippen molar-refractivity contribution in [2.45, 2.75) is 12.8 Å². The smallest absolute Gasteiger partial charge is 0.208 e. The summed E-state index contributed by atoms with van der Waals surface area (Å²) in [6, 6.07) is 20.7. The molecule has 0 atom stereocenters. The number of benzene rings is 3. The summed E-state index contributed by atoms with van der Waals surface area (Å²) in [5.74, 6) is 0.137. The molecule has 3 N–H and O–H groups in total. The average molecular weight is 609 g/mol. The van der Waals surface area contributed by atoms with Gasteiger partial charge in [0.2, 0.25) is 20.0 Å². The van der Waals surface area contributed by atoms with Gasteiger partial charge < -0.3 is 14.9 Å². The highest BCUT2D eigenvalue weighted by atomic mass is 32.2. The van der Waals surface area contributed by atoms with Crippen LogP contribution < -0.4 is 9.44 Å². The zero-order chi connectivity index (χ0) is 30.9. The number of azo groups is 1. The van der Waals surface area contributed by atoms with Crippen LogP contribution >= 0.6 is 0 Å². The lowest BCUT2D eigenvalue weighted by Gasteiger charge is -2.08. The minimum atomic E-state index is -2.99. The average Bonchev–Trinajstić information content (AvgIpc) is 2.89. The first kappa shape index (κ1) is 36.1. The molecule has 0 saturated carbocycles. The van der Waals surface area contributed by atoms with Gasteiger partial charge in [-0.05, 0) is 77.7 Å². The molecule has 0 saturated heterocycles. The molecular weight excluding hydrogens is 564 g/mol. The van der Waals surface area contributed by atoms with Crippen LogP contribution in [0.5, 0.6) is 5.75 Å². The first-order valence-electron chi connectivity index (χ1n) is 13.0. The second kappa shape index (κ2) is 18.5. The number of sulfonamides is 2. The summed E-state index contributed by atoms with van der Waals surface area (Å²) >= 11 is 0. The predicted octanol–water partition coefficient (Wildman–Crippen LogP) is 3.94. The molecule has 0 amide bonds. The van der Waals surface area contributed by atoms with E-state index < -0.39 is 20.0 Å². The maximum atomic E-state index is 10.6. The van der Waals surface area contributed by atoms with Gasteiger partial charge in [0.25, 0.3) is 0 Å². The lowest BCUT2D eigenvalue weighted by atomic mass is 10.1. The molecule has 0 unspecified atom stereocenters. The van der Waals surface area contributed by atoms with E-state index in [0.717, 1.165) is 42.4 Å². The van der Waals surface area contributed by atoms with Crippen molar-refractivity contribution in [3.8, 4) is 5.75 Å². The first-order valence-corrected chi connectivity index (χ1v) is 16.8. The predicted molar refractivity (Wildman–Crippen MR) is 168 cm³/mol.